The van der Waals surface area contributed by atoms with Gasteiger partial charge in [0.2, 0.25) is 0 Å². The summed E-state index contributed by atoms with van der Waals surface area (Å²) in [5.41, 5.74) is 8.72. The van der Waals surface area contributed by atoms with Crippen molar-refractivity contribution < 1.29 is 5.11 Å². The highest BCUT2D eigenvalue weighted by Gasteiger charge is 2.04. The Balaban J connectivity index is 2.17. The van der Waals surface area contributed by atoms with Gasteiger partial charge in [-0.1, -0.05) is 12.1 Å². The van der Waals surface area contributed by atoms with Crippen molar-refractivity contribution in [1.29, 1.82) is 0 Å². The summed E-state index contributed by atoms with van der Waals surface area (Å²) >= 11 is 0. The molecule has 0 aliphatic carbocycles. The third-order valence-electron chi connectivity index (χ3n) is 2.56. The molecule has 0 aliphatic rings. The minimum absolute atomic E-state index is 0.285. The predicted molar refractivity (Wildman–Crippen MR) is 62.0 cm³/mol. The van der Waals surface area contributed by atoms with Crippen molar-refractivity contribution in [2.75, 3.05) is 0 Å². The number of hydrogen-bond acceptors (Lipinski definition) is 3. The molecule has 4 nitrogen and oxygen atoms in total. The highest BCUT2D eigenvalue weighted by molar-refractivity contribution is 5.29. The molecular weight excluding hydrogens is 202 g/mol. The van der Waals surface area contributed by atoms with E-state index in [1.54, 1.807) is 16.8 Å². The van der Waals surface area contributed by atoms with Gasteiger partial charge < -0.3 is 10.8 Å². The number of rotatable bonds is 3. The molecule has 4 heteroatoms. The molecule has 0 aliphatic heterocycles. The van der Waals surface area contributed by atoms with E-state index >= 15 is 0 Å². The number of benzene rings is 1. The first-order valence-corrected chi connectivity index (χ1v) is 5.19. The van der Waals surface area contributed by atoms with Gasteiger partial charge >= 0.3 is 0 Å². The molecule has 0 atom stereocenters. The number of phenols is 1. The van der Waals surface area contributed by atoms with Crippen LogP contribution in [0.3, 0.4) is 0 Å². The molecule has 2 rings (SSSR count). The van der Waals surface area contributed by atoms with Crippen LogP contribution in [0.4, 0.5) is 0 Å². The lowest BCUT2D eigenvalue weighted by molar-refractivity contribution is 0.475. The molecule has 3 N–H and O–H groups in total. The van der Waals surface area contributed by atoms with Gasteiger partial charge in [-0.3, -0.25) is 4.68 Å². The van der Waals surface area contributed by atoms with E-state index in [2.05, 4.69) is 5.10 Å². The minimum atomic E-state index is 0.285. The average molecular weight is 217 g/mol. The first-order chi connectivity index (χ1) is 7.69. The first kappa shape index (κ1) is 10.7. The van der Waals surface area contributed by atoms with E-state index in [4.69, 9.17) is 5.73 Å². The number of aryl methyl sites for hydroxylation is 1. The number of phenolic OH excluding ortho intramolecular Hbond substituents is 1. The van der Waals surface area contributed by atoms with Crippen LogP contribution in [-0.4, -0.2) is 14.9 Å². The molecule has 0 bridgehead atoms. The van der Waals surface area contributed by atoms with Crippen LogP contribution in [0.1, 0.15) is 17.0 Å². The molecule has 1 heterocycles. The number of aromatic hydroxyl groups is 1. The highest BCUT2D eigenvalue weighted by Crippen LogP contribution is 2.13. The van der Waals surface area contributed by atoms with Crippen molar-refractivity contribution in [2.24, 2.45) is 12.8 Å². The molecule has 0 saturated heterocycles. The fraction of sp³-hybridized carbons (Fsp3) is 0.250. The summed E-state index contributed by atoms with van der Waals surface area (Å²) in [6.07, 6.45) is 0.758. The molecule has 1 aromatic carbocycles. The van der Waals surface area contributed by atoms with Crippen molar-refractivity contribution in [3.63, 3.8) is 0 Å². The first-order valence-electron chi connectivity index (χ1n) is 5.19. The molecule has 0 spiro atoms. The van der Waals surface area contributed by atoms with Gasteiger partial charge in [0.1, 0.15) is 5.75 Å². The average Bonchev–Trinajstić information content (AvgIpc) is 2.62. The second kappa shape index (κ2) is 4.37. The SMILES string of the molecule is Cn1nc(Cc2ccc(O)cc2)cc1CN. The maximum Gasteiger partial charge on any atom is 0.115 e. The van der Waals surface area contributed by atoms with Crippen molar-refractivity contribution in [1.82, 2.24) is 9.78 Å². The summed E-state index contributed by atoms with van der Waals surface area (Å²) in [6, 6.07) is 9.16. The van der Waals surface area contributed by atoms with Crippen molar-refractivity contribution >= 4 is 0 Å². The highest BCUT2D eigenvalue weighted by atomic mass is 16.3. The third-order valence-corrected chi connectivity index (χ3v) is 2.56. The Morgan fingerprint density at radius 2 is 2.00 bits per heavy atom. The van der Waals surface area contributed by atoms with Gasteiger partial charge in [0.15, 0.2) is 0 Å². The number of nitrogens with two attached hydrogens (primary N) is 1. The van der Waals surface area contributed by atoms with Crippen molar-refractivity contribution in [3.05, 3.63) is 47.3 Å². The maximum atomic E-state index is 9.17. The molecule has 0 saturated carbocycles. The summed E-state index contributed by atoms with van der Waals surface area (Å²) in [5, 5.41) is 13.5. The lowest BCUT2D eigenvalue weighted by Gasteiger charge is -1.98. The fourth-order valence-corrected chi connectivity index (χ4v) is 1.67. The lowest BCUT2D eigenvalue weighted by atomic mass is 10.1. The van der Waals surface area contributed by atoms with Crippen molar-refractivity contribution in [3.8, 4) is 5.75 Å². The monoisotopic (exact) mass is 217 g/mol. The fourth-order valence-electron chi connectivity index (χ4n) is 1.67. The second-order valence-corrected chi connectivity index (χ2v) is 3.80. The van der Waals surface area contributed by atoms with E-state index in [9.17, 15) is 5.11 Å². The van der Waals surface area contributed by atoms with E-state index in [-0.39, 0.29) is 5.75 Å². The Morgan fingerprint density at radius 3 is 2.56 bits per heavy atom. The Kier molecular flexibility index (Phi) is 2.92. The summed E-state index contributed by atoms with van der Waals surface area (Å²) in [7, 11) is 1.89. The molecule has 0 unspecified atom stereocenters. The van der Waals surface area contributed by atoms with Gasteiger partial charge in [0.05, 0.1) is 11.4 Å². The number of aromatic nitrogens is 2. The van der Waals surface area contributed by atoms with E-state index in [0.29, 0.717) is 6.54 Å². The summed E-state index contributed by atoms with van der Waals surface area (Å²) in [4.78, 5) is 0. The van der Waals surface area contributed by atoms with Crippen LogP contribution in [0.25, 0.3) is 0 Å². The standard InChI is InChI=1S/C12H15N3O/c1-15-11(8-13)7-10(14-15)6-9-2-4-12(16)5-3-9/h2-5,7,16H,6,8,13H2,1H3. The molecule has 2 aromatic rings. The zero-order valence-electron chi connectivity index (χ0n) is 9.22. The molecule has 1 aromatic heterocycles. The van der Waals surface area contributed by atoms with E-state index in [1.165, 1.54) is 0 Å². The van der Waals surface area contributed by atoms with Crippen LogP contribution in [-0.2, 0) is 20.0 Å². The normalized spacial score (nSPS) is 10.6. The second-order valence-electron chi connectivity index (χ2n) is 3.80. The van der Waals surface area contributed by atoms with Crippen LogP contribution in [0, 0.1) is 0 Å². The summed E-state index contributed by atoms with van der Waals surface area (Å²) in [5.74, 6) is 0.285. The van der Waals surface area contributed by atoms with Gasteiger partial charge in [0.25, 0.3) is 0 Å². The van der Waals surface area contributed by atoms with Crippen LogP contribution in [0.5, 0.6) is 5.75 Å². The topological polar surface area (TPSA) is 64.1 Å². The predicted octanol–water partition coefficient (Wildman–Crippen LogP) is 1.18. The molecule has 0 fully saturated rings. The van der Waals surface area contributed by atoms with Gasteiger partial charge in [-0.05, 0) is 23.8 Å². The van der Waals surface area contributed by atoms with E-state index in [0.717, 1.165) is 23.4 Å². The Bertz CT molecular complexity index is 474. The summed E-state index contributed by atoms with van der Waals surface area (Å²) < 4.78 is 1.80. The zero-order valence-corrected chi connectivity index (χ0v) is 9.22. The number of nitrogens with zero attached hydrogens (tertiary/aromatic N) is 2. The number of hydrogen-bond donors (Lipinski definition) is 2. The van der Waals surface area contributed by atoms with Crippen LogP contribution in [0.2, 0.25) is 0 Å². The Morgan fingerprint density at radius 1 is 1.31 bits per heavy atom. The Labute approximate surface area is 94.3 Å². The van der Waals surface area contributed by atoms with E-state index in [1.807, 2.05) is 25.2 Å². The molecule has 84 valence electrons. The van der Waals surface area contributed by atoms with Gasteiger partial charge in [-0.2, -0.15) is 5.10 Å². The molecule has 16 heavy (non-hydrogen) atoms. The van der Waals surface area contributed by atoms with Gasteiger partial charge in [-0.15, -0.1) is 0 Å². The quantitative estimate of drug-likeness (QED) is 0.811. The molecular formula is C12H15N3O. The van der Waals surface area contributed by atoms with Crippen molar-refractivity contribution in [2.45, 2.75) is 13.0 Å². The van der Waals surface area contributed by atoms with E-state index < -0.39 is 0 Å². The molecule has 0 amide bonds. The third kappa shape index (κ3) is 2.23. The molecule has 0 radical (unpaired) electrons. The largest absolute Gasteiger partial charge is 0.508 e. The van der Waals surface area contributed by atoms with Crippen LogP contribution in [0.15, 0.2) is 30.3 Å². The lowest BCUT2D eigenvalue weighted by Crippen LogP contribution is -2.03. The minimum Gasteiger partial charge on any atom is -0.508 e. The summed E-state index contributed by atoms with van der Waals surface area (Å²) in [6.45, 7) is 0.499. The van der Waals surface area contributed by atoms with Gasteiger partial charge in [0, 0.05) is 20.0 Å². The maximum absolute atomic E-state index is 9.17. The van der Waals surface area contributed by atoms with Crippen LogP contribution >= 0.6 is 0 Å². The van der Waals surface area contributed by atoms with Gasteiger partial charge in [-0.25, -0.2) is 0 Å². The smallest absolute Gasteiger partial charge is 0.115 e. The zero-order chi connectivity index (χ0) is 11.5. The Hall–Kier alpha value is -1.81. The van der Waals surface area contributed by atoms with Crippen LogP contribution < -0.4 is 5.73 Å².